The molecule has 0 aromatic heterocycles. The predicted octanol–water partition coefficient (Wildman–Crippen LogP) is 3.78. The summed E-state index contributed by atoms with van der Waals surface area (Å²) in [5.41, 5.74) is -0.0181. The molecule has 2 aromatic carbocycles. The summed E-state index contributed by atoms with van der Waals surface area (Å²) in [5, 5.41) is 2.98. The molecule has 1 saturated heterocycles. The van der Waals surface area contributed by atoms with Crippen molar-refractivity contribution < 1.29 is 22.4 Å². The van der Waals surface area contributed by atoms with E-state index >= 15 is 0 Å². The van der Waals surface area contributed by atoms with Gasteiger partial charge in [0.1, 0.15) is 11.9 Å². The van der Waals surface area contributed by atoms with Crippen LogP contribution in [0, 0.1) is 5.82 Å². The summed E-state index contributed by atoms with van der Waals surface area (Å²) in [6, 6.07) is 6.72. The van der Waals surface area contributed by atoms with Crippen molar-refractivity contribution in [2.45, 2.75) is 23.8 Å². The highest BCUT2D eigenvalue weighted by molar-refractivity contribution is 7.90. The molecule has 1 aliphatic heterocycles. The zero-order chi connectivity index (χ0) is 21.3. The summed E-state index contributed by atoms with van der Waals surface area (Å²) >= 11 is 11.9. The molecular formula is C19H17Cl2FN2O4S. The van der Waals surface area contributed by atoms with Crippen LogP contribution in [-0.2, 0) is 14.6 Å². The number of hydrogen-bond donors (Lipinski definition) is 1. The number of benzene rings is 2. The third-order valence-electron chi connectivity index (χ3n) is 4.55. The number of halogens is 3. The van der Waals surface area contributed by atoms with E-state index in [-0.39, 0.29) is 16.1 Å². The minimum absolute atomic E-state index is 0.123. The first-order valence-electron chi connectivity index (χ1n) is 8.64. The van der Waals surface area contributed by atoms with Gasteiger partial charge in [0.2, 0.25) is 5.91 Å². The first kappa shape index (κ1) is 21.5. The number of amides is 2. The largest absolute Gasteiger partial charge is 0.327 e. The van der Waals surface area contributed by atoms with E-state index in [1.165, 1.54) is 23.1 Å². The van der Waals surface area contributed by atoms with Gasteiger partial charge in [-0.1, -0.05) is 23.2 Å². The van der Waals surface area contributed by atoms with Crippen molar-refractivity contribution in [2.75, 3.05) is 18.1 Å². The summed E-state index contributed by atoms with van der Waals surface area (Å²) in [6.45, 7) is 0.340. The van der Waals surface area contributed by atoms with Crippen molar-refractivity contribution in [2.24, 2.45) is 0 Å². The van der Waals surface area contributed by atoms with Gasteiger partial charge in [0.25, 0.3) is 5.91 Å². The monoisotopic (exact) mass is 458 g/mol. The minimum atomic E-state index is -3.57. The SMILES string of the molecule is CS(=O)(=O)c1ccc(F)c(NC(=O)C2CCCN2C(=O)c2cc(Cl)cc(Cl)c2)c1. The molecule has 6 nitrogen and oxygen atoms in total. The van der Waals surface area contributed by atoms with Crippen LogP contribution in [0.15, 0.2) is 41.3 Å². The van der Waals surface area contributed by atoms with Gasteiger partial charge in [-0.15, -0.1) is 0 Å². The Bertz CT molecular complexity index is 1070. The number of nitrogens with zero attached hydrogens (tertiary/aromatic N) is 1. The first-order chi connectivity index (χ1) is 13.6. The first-order valence-corrected chi connectivity index (χ1v) is 11.3. The Labute approximate surface area is 177 Å². The molecule has 1 aliphatic rings. The topological polar surface area (TPSA) is 83.6 Å². The third-order valence-corrected chi connectivity index (χ3v) is 6.10. The van der Waals surface area contributed by atoms with Gasteiger partial charge >= 0.3 is 0 Å². The molecule has 1 atom stereocenters. The fourth-order valence-electron chi connectivity index (χ4n) is 3.17. The molecule has 2 amide bonds. The molecule has 10 heteroatoms. The van der Waals surface area contributed by atoms with E-state index in [1.54, 1.807) is 0 Å². The van der Waals surface area contributed by atoms with Crippen LogP contribution in [0.2, 0.25) is 10.0 Å². The number of anilines is 1. The number of carbonyl (C=O) groups is 2. The zero-order valence-electron chi connectivity index (χ0n) is 15.3. The van der Waals surface area contributed by atoms with Crippen LogP contribution in [-0.4, -0.2) is 44.0 Å². The van der Waals surface area contributed by atoms with Gasteiger partial charge in [-0.05, 0) is 49.2 Å². The Hall–Kier alpha value is -2.16. The lowest BCUT2D eigenvalue weighted by Gasteiger charge is -2.24. The molecule has 1 N–H and O–H groups in total. The molecule has 0 saturated carbocycles. The summed E-state index contributed by atoms with van der Waals surface area (Å²) in [7, 11) is -3.57. The second-order valence-electron chi connectivity index (χ2n) is 6.72. The van der Waals surface area contributed by atoms with Crippen molar-refractivity contribution in [1.29, 1.82) is 0 Å². The summed E-state index contributed by atoms with van der Waals surface area (Å²) in [6.07, 6.45) is 1.96. The predicted molar refractivity (Wildman–Crippen MR) is 109 cm³/mol. The summed E-state index contributed by atoms with van der Waals surface area (Å²) < 4.78 is 37.5. The number of rotatable bonds is 4. The van der Waals surface area contributed by atoms with E-state index in [4.69, 9.17) is 23.2 Å². The minimum Gasteiger partial charge on any atom is -0.327 e. The summed E-state index contributed by atoms with van der Waals surface area (Å²) in [5.74, 6) is -1.80. The molecular weight excluding hydrogens is 442 g/mol. The van der Waals surface area contributed by atoms with Crippen molar-refractivity contribution in [1.82, 2.24) is 4.90 Å². The molecule has 0 spiro atoms. The normalized spacial score (nSPS) is 16.7. The van der Waals surface area contributed by atoms with E-state index in [9.17, 15) is 22.4 Å². The molecule has 29 heavy (non-hydrogen) atoms. The van der Waals surface area contributed by atoms with E-state index in [0.717, 1.165) is 24.5 Å². The zero-order valence-corrected chi connectivity index (χ0v) is 17.6. The smallest absolute Gasteiger partial charge is 0.254 e. The van der Waals surface area contributed by atoms with Gasteiger partial charge in [0.15, 0.2) is 9.84 Å². The van der Waals surface area contributed by atoms with Crippen molar-refractivity contribution >= 4 is 50.5 Å². The van der Waals surface area contributed by atoms with Crippen LogP contribution < -0.4 is 5.32 Å². The Kier molecular flexibility index (Phi) is 6.16. The number of hydrogen-bond acceptors (Lipinski definition) is 4. The fraction of sp³-hybridized carbons (Fsp3) is 0.263. The second-order valence-corrected chi connectivity index (χ2v) is 9.61. The number of sulfone groups is 1. The van der Waals surface area contributed by atoms with Gasteiger partial charge in [-0.2, -0.15) is 0 Å². The summed E-state index contributed by atoms with van der Waals surface area (Å²) in [4.78, 5) is 26.8. The third kappa shape index (κ3) is 4.88. The standard InChI is InChI=1S/C19H17Cl2FN2O4S/c1-29(27,28)14-4-5-15(22)16(10-14)23-18(25)17-3-2-6-24(17)19(26)11-7-12(20)9-13(21)8-11/h4-5,7-10,17H,2-3,6H2,1H3,(H,23,25). The van der Waals surface area contributed by atoms with E-state index in [2.05, 4.69) is 5.32 Å². The highest BCUT2D eigenvalue weighted by atomic mass is 35.5. The molecule has 1 unspecified atom stereocenters. The van der Waals surface area contributed by atoms with Crippen LogP contribution in [0.5, 0.6) is 0 Å². The lowest BCUT2D eigenvalue weighted by atomic mass is 10.1. The van der Waals surface area contributed by atoms with Crippen LogP contribution in [0.1, 0.15) is 23.2 Å². The lowest BCUT2D eigenvalue weighted by molar-refractivity contribution is -0.119. The molecule has 0 aliphatic carbocycles. The van der Waals surface area contributed by atoms with E-state index in [0.29, 0.717) is 29.4 Å². The van der Waals surface area contributed by atoms with Gasteiger partial charge in [-0.25, -0.2) is 12.8 Å². The maximum atomic E-state index is 14.1. The van der Waals surface area contributed by atoms with E-state index in [1.807, 2.05) is 0 Å². The fourth-order valence-corrected chi connectivity index (χ4v) is 4.35. The van der Waals surface area contributed by atoms with Crippen molar-refractivity contribution in [3.05, 3.63) is 57.8 Å². The Balaban J connectivity index is 1.83. The Morgan fingerprint density at radius 3 is 2.41 bits per heavy atom. The molecule has 1 heterocycles. The van der Waals surface area contributed by atoms with Crippen LogP contribution in [0.4, 0.5) is 10.1 Å². The Morgan fingerprint density at radius 1 is 1.14 bits per heavy atom. The van der Waals surface area contributed by atoms with Crippen molar-refractivity contribution in [3.8, 4) is 0 Å². The van der Waals surface area contributed by atoms with Crippen LogP contribution in [0.25, 0.3) is 0 Å². The molecule has 1 fully saturated rings. The quantitative estimate of drug-likeness (QED) is 0.706. The lowest BCUT2D eigenvalue weighted by Crippen LogP contribution is -2.43. The number of carbonyl (C=O) groups excluding carboxylic acids is 2. The van der Waals surface area contributed by atoms with Crippen LogP contribution in [0.3, 0.4) is 0 Å². The maximum Gasteiger partial charge on any atom is 0.254 e. The maximum absolute atomic E-state index is 14.1. The molecule has 0 bridgehead atoms. The van der Waals surface area contributed by atoms with E-state index < -0.39 is 33.5 Å². The van der Waals surface area contributed by atoms with Gasteiger partial charge in [0.05, 0.1) is 10.6 Å². The second kappa shape index (κ2) is 8.30. The molecule has 2 aromatic rings. The van der Waals surface area contributed by atoms with Crippen LogP contribution >= 0.6 is 23.2 Å². The number of nitrogens with one attached hydrogen (secondary N) is 1. The highest BCUT2D eigenvalue weighted by Crippen LogP contribution is 2.26. The van der Waals surface area contributed by atoms with Crippen molar-refractivity contribution in [3.63, 3.8) is 0 Å². The van der Waals surface area contributed by atoms with Gasteiger partial charge in [0, 0.05) is 28.4 Å². The number of likely N-dealkylation sites (tertiary alicyclic amines) is 1. The van der Waals surface area contributed by atoms with Gasteiger partial charge in [-0.3, -0.25) is 9.59 Å². The van der Waals surface area contributed by atoms with Gasteiger partial charge < -0.3 is 10.2 Å². The average Bonchev–Trinajstić information content (AvgIpc) is 3.11. The molecule has 154 valence electrons. The molecule has 3 rings (SSSR count). The highest BCUT2D eigenvalue weighted by Gasteiger charge is 2.35. The average molecular weight is 459 g/mol. The molecule has 0 radical (unpaired) electrons. The Morgan fingerprint density at radius 2 is 1.79 bits per heavy atom.